The van der Waals surface area contributed by atoms with Gasteiger partial charge in [0.25, 0.3) is 5.56 Å². The minimum atomic E-state index is -4.51. The molecule has 29 nitrogen and oxygen atoms in total. The lowest BCUT2D eigenvalue weighted by molar-refractivity contribution is -0.279. The zero-order valence-corrected chi connectivity index (χ0v) is 56.8. The van der Waals surface area contributed by atoms with E-state index < -0.39 is 122 Å². The van der Waals surface area contributed by atoms with Crippen LogP contribution in [0, 0.1) is 0 Å². The van der Waals surface area contributed by atoms with E-state index in [4.69, 9.17) is 76.4 Å². The van der Waals surface area contributed by atoms with Crippen molar-refractivity contribution < 1.29 is 99.2 Å². The first-order valence-electron chi connectivity index (χ1n) is 31.6. The number of para-hydroxylation sites is 1. The maximum absolute atomic E-state index is 16.1. The molecule has 2 fully saturated rings. The molecule has 0 aliphatic carbocycles. The highest BCUT2D eigenvalue weighted by Gasteiger charge is 2.55. The van der Waals surface area contributed by atoms with Gasteiger partial charge in [0, 0.05) is 46.2 Å². The van der Waals surface area contributed by atoms with Crippen LogP contribution < -0.4 is 30.8 Å². The summed E-state index contributed by atoms with van der Waals surface area (Å²) in [6, 6.07) is 30.6. The van der Waals surface area contributed by atoms with Gasteiger partial charge in [0.1, 0.15) is 66.6 Å². The van der Waals surface area contributed by atoms with Crippen molar-refractivity contribution in [3.8, 4) is 17.2 Å². The lowest BCUT2D eigenvalue weighted by atomic mass is 9.79. The Morgan fingerprint density at radius 3 is 1.80 bits per heavy atom. The number of anilines is 1. The van der Waals surface area contributed by atoms with Crippen LogP contribution in [0.5, 0.6) is 17.2 Å². The van der Waals surface area contributed by atoms with Crippen LogP contribution >= 0.6 is 7.75 Å². The predicted octanol–water partition coefficient (Wildman–Crippen LogP) is 6.38. The first-order valence-corrected chi connectivity index (χ1v) is 33.1. The second-order valence-electron chi connectivity index (χ2n) is 23.1. The van der Waals surface area contributed by atoms with E-state index in [1.165, 1.54) is 24.7 Å². The number of aromatic nitrogens is 4. The Bertz CT molecular complexity index is 3580. The molecule has 4 aromatic carbocycles. The van der Waals surface area contributed by atoms with Crippen molar-refractivity contribution in [2.24, 2.45) is 0 Å². The van der Waals surface area contributed by atoms with E-state index in [-0.39, 0.29) is 83.0 Å². The molecule has 97 heavy (non-hydrogen) atoms. The number of carbonyl (C=O) groups is 5. The zero-order chi connectivity index (χ0) is 69.8. The number of esters is 3. The number of methoxy groups -OCH3 is 2. The Hall–Kier alpha value is -8.19. The fourth-order valence-corrected chi connectivity index (χ4v) is 13.8. The van der Waals surface area contributed by atoms with Crippen molar-refractivity contribution in [3.63, 3.8) is 0 Å². The second kappa shape index (κ2) is 35.4. The van der Waals surface area contributed by atoms with Crippen molar-refractivity contribution in [1.82, 2.24) is 29.5 Å². The maximum Gasteiger partial charge on any atom is 0.409 e. The Kier molecular flexibility index (Phi) is 27.2. The molecule has 10 atom stereocenters. The third-order valence-corrected chi connectivity index (χ3v) is 18.0. The number of hydrogen-bond acceptors (Lipinski definition) is 25. The predicted molar refractivity (Wildman–Crippen MR) is 348 cm³/mol. The lowest BCUT2D eigenvalue weighted by Crippen LogP contribution is -2.66. The molecule has 2 aromatic heterocycles. The Labute approximate surface area is 561 Å². The molecule has 2 unspecified atom stereocenters. The second-order valence-corrected chi connectivity index (χ2v) is 25.0. The number of imidazole rings is 1. The summed E-state index contributed by atoms with van der Waals surface area (Å²) in [5.41, 5.74) is 5.67. The molecule has 30 heteroatoms. The van der Waals surface area contributed by atoms with Crippen LogP contribution in [0.1, 0.15) is 84.7 Å². The monoisotopic (exact) mass is 1370 g/mol. The standard InChI is InChI=1S/C67H86N7O22P/c1-41(2)74(42(3)4)97(81,90-36-34-86-32-30-84-29-31-85-33-35-87-65-57(70-43(5)75)62(92-46(8)78)61(91-45(7)77)55(93-65)39-88-44(6)76)96-54-37-56(73-40-69-58-63(73)71-66(68)72-64(58)80)94-60(54)59(53(79)38-89-52-19-15-12-16-20-52)95-67(47-17-13-11-14-18-47,48-21-25-50(82-9)26-22-48)49-23-27-51(83-10)28-24-49/h11-28,40-42,54-57,59-62,65H,29-39H2,1-10H3,(H,70,75)(H3,68,71,72,80)/t54-,55+,56+,57+,59?,60-,61-,62+,65+,97?/m0/s1. The third kappa shape index (κ3) is 19.6. The summed E-state index contributed by atoms with van der Waals surface area (Å²) < 4.78 is 110. The number of amides is 1. The Morgan fingerprint density at radius 1 is 0.711 bits per heavy atom. The fraction of sp³-hybridized carbons (Fsp3) is 0.493. The molecule has 0 radical (unpaired) electrons. The molecule has 6 aromatic rings. The van der Waals surface area contributed by atoms with E-state index in [0.717, 1.165) is 13.8 Å². The van der Waals surface area contributed by atoms with Crippen LogP contribution in [0.15, 0.2) is 120 Å². The molecule has 2 aliphatic rings. The van der Waals surface area contributed by atoms with Crippen LogP contribution in [0.3, 0.4) is 0 Å². The molecule has 0 bridgehead atoms. The van der Waals surface area contributed by atoms with Gasteiger partial charge in [-0.05, 0) is 80.8 Å². The molecule has 4 heterocycles. The van der Waals surface area contributed by atoms with E-state index >= 15 is 9.36 Å². The van der Waals surface area contributed by atoms with E-state index in [2.05, 4.69) is 20.3 Å². The largest absolute Gasteiger partial charge is 0.497 e. The molecule has 8 rings (SSSR count). The number of hydrogen-bond donors (Lipinski definition) is 3. The van der Waals surface area contributed by atoms with Gasteiger partial charge in [-0.3, -0.25) is 47.4 Å². The number of rotatable bonds is 37. The minimum absolute atomic E-state index is 0.0206. The van der Waals surface area contributed by atoms with Crippen LogP contribution in [-0.4, -0.2) is 195 Å². The topological polar surface area (TPSA) is 346 Å². The van der Waals surface area contributed by atoms with Gasteiger partial charge in [-0.2, -0.15) is 4.98 Å². The van der Waals surface area contributed by atoms with Crippen molar-refractivity contribution in [1.29, 1.82) is 0 Å². The normalized spacial score (nSPS) is 20.5. The van der Waals surface area contributed by atoms with Crippen molar-refractivity contribution in [2.45, 2.75) is 135 Å². The Balaban J connectivity index is 1.01. The number of fused-ring (bicyclic) bond motifs is 1. The van der Waals surface area contributed by atoms with E-state index in [1.54, 1.807) is 67.4 Å². The van der Waals surface area contributed by atoms with E-state index in [1.807, 2.05) is 88.4 Å². The summed E-state index contributed by atoms with van der Waals surface area (Å²) in [7, 11) is -1.39. The molecular formula is C67H86N7O22P. The molecular weight excluding hydrogens is 1290 g/mol. The molecule has 2 aliphatic heterocycles. The lowest BCUT2D eigenvalue weighted by Gasteiger charge is -2.44. The van der Waals surface area contributed by atoms with Crippen molar-refractivity contribution in [2.75, 3.05) is 86.0 Å². The highest BCUT2D eigenvalue weighted by Crippen LogP contribution is 2.58. The number of nitrogen functional groups attached to an aromatic ring is 1. The third-order valence-electron chi connectivity index (χ3n) is 15.5. The summed E-state index contributed by atoms with van der Waals surface area (Å²) in [4.78, 5) is 88.7. The maximum atomic E-state index is 16.1. The van der Waals surface area contributed by atoms with Gasteiger partial charge < -0.3 is 72.6 Å². The number of aromatic amines is 1. The Morgan fingerprint density at radius 2 is 1.26 bits per heavy atom. The van der Waals surface area contributed by atoms with Crippen LogP contribution in [0.25, 0.3) is 11.2 Å². The number of Topliss-reactive ketones (excluding diaryl/α,β-unsaturated/α-hetero) is 1. The zero-order valence-electron chi connectivity index (χ0n) is 55.9. The average molecular weight is 1370 g/mol. The quantitative estimate of drug-likeness (QED) is 0.0125. The van der Waals surface area contributed by atoms with Gasteiger partial charge >= 0.3 is 25.7 Å². The molecule has 0 spiro atoms. The molecule has 0 saturated carbocycles. The SMILES string of the molecule is COc1ccc(C(OC(C(=O)COc2ccccc2)[C@H]2O[C@@H](n3cnc4c(=O)[nH]c(N)nc43)C[C@@H]2OP(=O)(OCCOCCOCCOCCO[C@@H]2O[C@H](COC(C)=O)[C@H](OC(C)=O)[C@H](OC(C)=O)[C@H]2NC(C)=O)N(C(C)C)C(C)C)(c2ccccc2)c2ccc(OC)cc2)cc1. The summed E-state index contributed by atoms with van der Waals surface area (Å²) in [6.45, 7) is 11.3. The molecule has 1 amide bonds. The number of ether oxygens (including phenoxy) is 13. The summed E-state index contributed by atoms with van der Waals surface area (Å²) in [5, 5.41) is 2.65. The van der Waals surface area contributed by atoms with Crippen molar-refractivity contribution in [3.05, 3.63) is 143 Å². The van der Waals surface area contributed by atoms with E-state index in [0.29, 0.717) is 33.9 Å². The number of nitrogens with two attached hydrogens (primary N) is 1. The van der Waals surface area contributed by atoms with E-state index in [9.17, 15) is 24.0 Å². The van der Waals surface area contributed by atoms with Gasteiger partial charge in [0.05, 0.1) is 73.4 Å². The highest BCUT2D eigenvalue weighted by atomic mass is 31.2. The first-order chi connectivity index (χ1) is 46.5. The van der Waals surface area contributed by atoms with Crippen LogP contribution in [0.4, 0.5) is 5.95 Å². The molecule has 4 N–H and O–H groups in total. The molecule has 2 saturated heterocycles. The summed E-state index contributed by atoms with van der Waals surface area (Å²) in [5.74, 6) is -1.93. The van der Waals surface area contributed by atoms with Crippen molar-refractivity contribution >= 4 is 54.5 Å². The number of nitrogens with one attached hydrogen (secondary N) is 2. The summed E-state index contributed by atoms with van der Waals surface area (Å²) in [6.07, 6.45) is -9.23. The number of H-pyrrole nitrogens is 1. The van der Waals surface area contributed by atoms with Gasteiger partial charge in [0.2, 0.25) is 17.6 Å². The smallest absolute Gasteiger partial charge is 0.409 e. The van der Waals surface area contributed by atoms with Gasteiger partial charge in [-0.25, -0.2) is 14.2 Å². The van der Waals surface area contributed by atoms with Crippen LogP contribution in [0.2, 0.25) is 0 Å². The van der Waals surface area contributed by atoms with Crippen LogP contribution in [-0.2, 0) is 90.6 Å². The number of ketones is 1. The minimum Gasteiger partial charge on any atom is -0.497 e. The summed E-state index contributed by atoms with van der Waals surface area (Å²) >= 11 is 0. The fourth-order valence-electron chi connectivity index (χ4n) is 11.5. The van der Waals surface area contributed by atoms with Gasteiger partial charge in [-0.15, -0.1) is 0 Å². The average Bonchev–Trinajstić information content (AvgIpc) is 1.73. The highest BCUT2D eigenvalue weighted by molar-refractivity contribution is 7.51. The molecule has 526 valence electrons. The number of benzene rings is 4. The number of carbonyl (C=O) groups excluding carboxylic acids is 5. The van der Waals surface area contributed by atoms with Gasteiger partial charge in [-0.1, -0.05) is 72.8 Å². The number of nitrogens with zero attached hydrogens (tertiary/aromatic N) is 4. The first kappa shape index (κ1) is 74.6. The van der Waals surface area contributed by atoms with Gasteiger partial charge in [0.15, 0.2) is 35.8 Å².